The van der Waals surface area contributed by atoms with Crippen molar-refractivity contribution in [2.24, 2.45) is 16.1 Å². The number of hydrogen-bond donors (Lipinski definition) is 5. The van der Waals surface area contributed by atoms with Gasteiger partial charge in [-0.05, 0) is 75.2 Å². The molecule has 12 nitrogen and oxygen atoms in total. The van der Waals surface area contributed by atoms with E-state index < -0.39 is 6.03 Å². The Balaban J connectivity index is 1.32. The Morgan fingerprint density at radius 3 is 2.53 bits per heavy atom. The number of halogens is 1. The SMILES string of the molecule is CN(C)CCOc1cc(N=C(C=C(N)C(C)(C)C)NC(=O)N[C@H]2CCC(Oc3ccc(=N)n(C(=N)N4CCCC4)c3)c3ccccc32)ccc1Cl. The lowest BCUT2D eigenvalue weighted by Crippen LogP contribution is -2.42. The van der Waals surface area contributed by atoms with Gasteiger partial charge in [-0.3, -0.25) is 20.7 Å². The van der Waals surface area contributed by atoms with Crippen molar-refractivity contribution in [2.75, 3.05) is 40.3 Å². The van der Waals surface area contributed by atoms with Crippen LogP contribution in [0.15, 0.2) is 77.6 Å². The summed E-state index contributed by atoms with van der Waals surface area (Å²) in [5, 5.41) is 23.6. The molecule has 6 N–H and O–H groups in total. The molecule has 0 saturated carbocycles. The molecule has 1 fully saturated rings. The number of likely N-dealkylation sites (tertiary alicyclic amines) is 1. The Bertz CT molecular complexity index is 1840. The van der Waals surface area contributed by atoms with E-state index in [2.05, 4.69) is 10.6 Å². The Morgan fingerprint density at radius 2 is 1.82 bits per heavy atom. The Labute approximate surface area is 305 Å². The largest absolute Gasteiger partial charge is 0.491 e. The molecule has 3 aromatic rings. The number of amides is 2. The van der Waals surface area contributed by atoms with Crippen LogP contribution in [0.1, 0.15) is 69.7 Å². The zero-order chi connectivity index (χ0) is 36.7. The van der Waals surface area contributed by atoms with Gasteiger partial charge in [0, 0.05) is 42.9 Å². The summed E-state index contributed by atoms with van der Waals surface area (Å²) < 4.78 is 14.0. The van der Waals surface area contributed by atoms with Crippen LogP contribution in [0.2, 0.25) is 5.02 Å². The second-order valence-electron chi connectivity index (χ2n) is 14.2. The van der Waals surface area contributed by atoms with Crippen LogP contribution in [0.3, 0.4) is 0 Å². The topological polar surface area (TPSA) is 157 Å². The molecule has 272 valence electrons. The van der Waals surface area contributed by atoms with Gasteiger partial charge in [-0.2, -0.15) is 0 Å². The van der Waals surface area contributed by atoms with Crippen LogP contribution in [-0.4, -0.2) is 72.5 Å². The third-order valence-corrected chi connectivity index (χ3v) is 9.25. The highest BCUT2D eigenvalue weighted by molar-refractivity contribution is 6.32. The number of nitrogens with one attached hydrogen (secondary N) is 4. The van der Waals surface area contributed by atoms with Crippen molar-refractivity contribution in [3.63, 3.8) is 0 Å². The molecule has 13 heteroatoms. The summed E-state index contributed by atoms with van der Waals surface area (Å²) in [6.07, 6.45) is 6.51. The third-order valence-electron chi connectivity index (χ3n) is 8.93. The molecule has 51 heavy (non-hydrogen) atoms. The Hall–Kier alpha value is -4.81. The summed E-state index contributed by atoms with van der Waals surface area (Å²) >= 11 is 6.41. The third kappa shape index (κ3) is 9.92. The number of benzene rings is 2. The highest BCUT2D eigenvalue weighted by atomic mass is 35.5. The van der Waals surface area contributed by atoms with Crippen LogP contribution in [-0.2, 0) is 0 Å². The van der Waals surface area contributed by atoms with E-state index in [0.717, 1.165) is 43.6 Å². The number of nitrogens with zero attached hydrogens (tertiary/aromatic N) is 4. The summed E-state index contributed by atoms with van der Waals surface area (Å²) in [6.45, 7) is 8.79. The van der Waals surface area contributed by atoms with Crippen molar-refractivity contribution in [1.82, 2.24) is 25.0 Å². The van der Waals surface area contributed by atoms with Gasteiger partial charge in [0.15, 0.2) is 0 Å². The molecule has 5 rings (SSSR count). The van der Waals surface area contributed by atoms with Crippen molar-refractivity contribution in [3.05, 3.63) is 94.2 Å². The molecule has 1 saturated heterocycles. The number of carbonyl (C=O) groups excluding carboxylic acids is 1. The van der Waals surface area contributed by atoms with Crippen molar-refractivity contribution in [2.45, 2.75) is 58.6 Å². The fraction of sp³-hybridized carbons (Fsp3) is 0.421. The number of ether oxygens (including phenoxy) is 2. The smallest absolute Gasteiger partial charge is 0.320 e. The predicted octanol–water partition coefficient (Wildman–Crippen LogP) is 6.31. The summed E-state index contributed by atoms with van der Waals surface area (Å²) in [5.74, 6) is 1.64. The lowest BCUT2D eigenvalue weighted by Gasteiger charge is -2.32. The second-order valence-corrected chi connectivity index (χ2v) is 14.6. The lowest BCUT2D eigenvalue weighted by molar-refractivity contribution is 0.171. The highest BCUT2D eigenvalue weighted by Gasteiger charge is 2.30. The van der Waals surface area contributed by atoms with E-state index in [4.69, 9.17) is 42.6 Å². The molecule has 0 radical (unpaired) electrons. The quantitative estimate of drug-likeness (QED) is 0.129. The summed E-state index contributed by atoms with van der Waals surface area (Å²) in [7, 11) is 3.94. The van der Waals surface area contributed by atoms with Crippen LogP contribution < -0.4 is 31.3 Å². The van der Waals surface area contributed by atoms with Gasteiger partial charge in [0.05, 0.1) is 22.9 Å². The molecule has 0 bridgehead atoms. The Kier molecular flexibility index (Phi) is 12.1. The summed E-state index contributed by atoms with van der Waals surface area (Å²) in [6, 6.07) is 15.9. The van der Waals surface area contributed by atoms with Crippen molar-refractivity contribution in [1.29, 1.82) is 10.8 Å². The first-order chi connectivity index (χ1) is 24.3. The zero-order valence-corrected chi connectivity index (χ0v) is 30.9. The van der Waals surface area contributed by atoms with Crippen molar-refractivity contribution < 1.29 is 14.3 Å². The number of aliphatic imine (C=N–C) groups is 1. The van der Waals surface area contributed by atoms with Gasteiger partial charge in [-0.15, -0.1) is 0 Å². The number of rotatable bonds is 9. The fourth-order valence-electron chi connectivity index (χ4n) is 5.91. The van der Waals surface area contributed by atoms with Crippen LogP contribution in [0.5, 0.6) is 11.5 Å². The maximum absolute atomic E-state index is 13.6. The van der Waals surface area contributed by atoms with Gasteiger partial charge in [0.2, 0.25) is 5.96 Å². The fourth-order valence-corrected chi connectivity index (χ4v) is 6.09. The molecule has 2 amide bonds. The average Bonchev–Trinajstić information content (AvgIpc) is 3.62. The van der Waals surface area contributed by atoms with Crippen molar-refractivity contribution >= 4 is 35.1 Å². The number of urea groups is 1. The molecular weight excluding hydrogens is 666 g/mol. The van der Waals surface area contributed by atoms with E-state index in [1.54, 1.807) is 47.2 Å². The highest BCUT2D eigenvalue weighted by Crippen LogP contribution is 2.38. The van der Waals surface area contributed by atoms with Gasteiger partial charge in [0.25, 0.3) is 0 Å². The molecule has 1 unspecified atom stereocenters. The van der Waals surface area contributed by atoms with E-state index in [1.165, 1.54) is 0 Å². The van der Waals surface area contributed by atoms with Crippen molar-refractivity contribution in [3.8, 4) is 11.5 Å². The first kappa shape index (κ1) is 37.4. The number of allylic oxidation sites excluding steroid dienone is 1. The van der Waals surface area contributed by atoms with Crippen LogP contribution in [0.4, 0.5) is 10.5 Å². The van der Waals surface area contributed by atoms with Gasteiger partial charge in [0.1, 0.15) is 35.5 Å². The second kappa shape index (κ2) is 16.5. The molecule has 1 aromatic heterocycles. The zero-order valence-electron chi connectivity index (χ0n) is 30.1. The maximum atomic E-state index is 13.6. The molecule has 0 spiro atoms. The predicted molar refractivity (Wildman–Crippen MR) is 202 cm³/mol. The van der Waals surface area contributed by atoms with Gasteiger partial charge in [-0.1, -0.05) is 56.6 Å². The molecule has 1 aliphatic carbocycles. The number of carbonyl (C=O) groups is 1. The number of hydrogen-bond acceptors (Lipinski definition) is 8. The van der Waals surface area contributed by atoms with E-state index in [0.29, 0.717) is 47.4 Å². The number of fused-ring (bicyclic) bond motifs is 1. The van der Waals surface area contributed by atoms with Crippen LogP contribution in [0.25, 0.3) is 0 Å². The number of amidine groups is 1. The molecule has 2 atom stereocenters. The number of nitrogens with two attached hydrogens (primary N) is 1. The monoisotopic (exact) mass is 715 g/mol. The average molecular weight is 716 g/mol. The maximum Gasteiger partial charge on any atom is 0.320 e. The van der Waals surface area contributed by atoms with Crippen LogP contribution >= 0.6 is 11.6 Å². The van der Waals surface area contributed by atoms with Gasteiger partial charge >= 0.3 is 6.03 Å². The normalized spacial score (nSPS) is 18.0. The van der Waals surface area contributed by atoms with E-state index >= 15 is 0 Å². The minimum absolute atomic E-state index is 0.227. The van der Waals surface area contributed by atoms with E-state index in [1.807, 2.05) is 68.9 Å². The minimum atomic E-state index is -0.421. The summed E-state index contributed by atoms with van der Waals surface area (Å²) in [4.78, 5) is 22.3. The van der Waals surface area contributed by atoms with E-state index in [9.17, 15) is 4.79 Å². The molecule has 1 aliphatic heterocycles. The molecular formula is C38H50ClN9O3. The number of likely N-dealkylation sites (N-methyl/N-ethyl adjacent to an activating group) is 1. The first-order valence-electron chi connectivity index (χ1n) is 17.4. The lowest BCUT2D eigenvalue weighted by atomic mass is 9.85. The number of aromatic nitrogens is 1. The van der Waals surface area contributed by atoms with E-state index in [-0.39, 0.29) is 34.8 Å². The molecule has 2 heterocycles. The molecule has 2 aromatic carbocycles. The number of pyridine rings is 1. The standard InChI is InChI=1S/C38H50ClN9O3/c1-38(2,3)33(40)23-35(43-25-12-14-29(39)32(22-25)50-21-20-46(4)5)45-37(49)44-30-15-16-31(28-11-7-6-10-27(28)30)51-26-13-17-34(41)48(24-26)36(42)47-18-8-9-19-47/h6-7,10-14,17,22-24,30-31,41-42H,8-9,15-16,18-21,40H2,1-5H3,(H2,43,44,45,49)/t30-,31?/m0/s1. The Morgan fingerprint density at radius 1 is 1.10 bits per heavy atom. The first-order valence-corrected chi connectivity index (χ1v) is 17.7. The van der Waals surface area contributed by atoms with Crippen LogP contribution in [0, 0.1) is 16.2 Å². The summed E-state index contributed by atoms with van der Waals surface area (Å²) in [5.41, 5.74) is 9.34. The molecule has 2 aliphatic rings. The minimum Gasteiger partial charge on any atom is -0.491 e. The van der Waals surface area contributed by atoms with Gasteiger partial charge < -0.3 is 30.3 Å². The van der Waals surface area contributed by atoms with Gasteiger partial charge in [-0.25, -0.2) is 9.79 Å².